The molecule has 1 unspecified atom stereocenters. The predicted molar refractivity (Wildman–Crippen MR) is 119 cm³/mol. The van der Waals surface area contributed by atoms with Crippen molar-refractivity contribution < 1.29 is 18.3 Å². The van der Waals surface area contributed by atoms with Gasteiger partial charge in [-0.05, 0) is 80.3 Å². The molecule has 2 aliphatic rings. The fraction of sp³-hybridized carbons (Fsp3) is 0.385. The smallest absolute Gasteiger partial charge is 0.387 e. The highest BCUT2D eigenvalue weighted by atomic mass is 19.3. The van der Waals surface area contributed by atoms with Crippen LogP contribution in [0.3, 0.4) is 0 Å². The minimum absolute atomic E-state index is 0.0135. The van der Waals surface area contributed by atoms with Gasteiger partial charge in [0, 0.05) is 6.20 Å². The third kappa shape index (κ3) is 4.30. The fourth-order valence-electron chi connectivity index (χ4n) is 4.95. The fourth-order valence-corrected chi connectivity index (χ4v) is 4.95. The Morgan fingerprint density at radius 3 is 2.61 bits per heavy atom. The van der Waals surface area contributed by atoms with Gasteiger partial charge in [0.1, 0.15) is 0 Å². The van der Waals surface area contributed by atoms with E-state index < -0.39 is 12.0 Å². The molecule has 0 saturated heterocycles. The zero-order valence-electron chi connectivity index (χ0n) is 18.2. The number of halogens is 2. The van der Waals surface area contributed by atoms with Crippen LogP contribution in [0.25, 0.3) is 5.69 Å². The summed E-state index contributed by atoms with van der Waals surface area (Å²) in [6.07, 6.45) is 7.64. The standard InChI is InChI=1S/C26H25F2N3O2/c27-25(28)33-23-11-10-19(14-24(23)32-21-8-4-5-9-21)26(17-29)13-12-22-18(15-26)16-31(30-22)20-6-2-1-3-7-20/h1-3,6-7,10-11,14,16,21,25H,4-5,8-9,12-13,15H2. The molecule has 2 aromatic carbocycles. The molecule has 0 bridgehead atoms. The van der Waals surface area contributed by atoms with E-state index in [1.54, 1.807) is 12.1 Å². The number of nitriles is 1. The molecule has 0 amide bonds. The molecule has 7 heteroatoms. The van der Waals surface area contributed by atoms with E-state index in [4.69, 9.17) is 14.6 Å². The maximum absolute atomic E-state index is 13.0. The molecule has 2 aliphatic carbocycles. The molecule has 1 atom stereocenters. The van der Waals surface area contributed by atoms with E-state index in [1.807, 2.05) is 41.2 Å². The van der Waals surface area contributed by atoms with Crippen LogP contribution >= 0.6 is 0 Å². The Balaban J connectivity index is 1.47. The molecular formula is C26H25F2N3O2. The average Bonchev–Trinajstić information content (AvgIpc) is 3.49. The molecule has 0 radical (unpaired) electrons. The summed E-state index contributed by atoms with van der Waals surface area (Å²) in [5.41, 5.74) is 2.96. The number of hydrogen-bond donors (Lipinski definition) is 0. The Kier molecular flexibility index (Phi) is 5.76. The molecule has 0 spiro atoms. The van der Waals surface area contributed by atoms with Crippen molar-refractivity contribution in [1.29, 1.82) is 5.26 Å². The lowest BCUT2D eigenvalue weighted by Crippen LogP contribution is -2.31. The number of rotatable bonds is 6. The number of benzene rings is 2. The summed E-state index contributed by atoms with van der Waals surface area (Å²) in [6.45, 7) is -2.94. The number of ether oxygens (including phenoxy) is 2. The van der Waals surface area contributed by atoms with Gasteiger partial charge in [0.2, 0.25) is 0 Å². The van der Waals surface area contributed by atoms with Crippen molar-refractivity contribution in [2.45, 2.75) is 63.1 Å². The summed E-state index contributed by atoms with van der Waals surface area (Å²) < 4.78 is 38.6. The summed E-state index contributed by atoms with van der Waals surface area (Å²) in [4.78, 5) is 0. The van der Waals surface area contributed by atoms with Crippen molar-refractivity contribution in [1.82, 2.24) is 9.78 Å². The van der Waals surface area contributed by atoms with Crippen LogP contribution in [-0.2, 0) is 18.3 Å². The summed E-state index contributed by atoms with van der Waals surface area (Å²) in [6, 6.07) is 17.3. The minimum Gasteiger partial charge on any atom is -0.487 e. The molecule has 1 fully saturated rings. The molecular weight excluding hydrogens is 424 g/mol. The van der Waals surface area contributed by atoms with Crippen molar-refractivity contribution in [3.05, 3.63) is 71.5 Å². The van der Waals surface area contributed by atoms with Gasteiger partial charge in [-0.15, -0.1) is 0 Å². The Labute approximate surface area is 191 Å². The van der Waals surface area contributed by atoms with Gasteiger partial charge in [0.05, 0.1) is 29.0 Å². The zero-order chi connectivity index (χ0) is 22.8. The highest BCUT2D eigenvalue weighted by molar-refractivity contribution is 5.49. The number of hydrogen-bond acceptors (Lipinski definition) is 4. The van der Waals surface area contributed by atoms with Gasteiger partial charge >= 0.3 is 6.61 Å². The van der Waals surface area contributed by atoms with Crippen LogP contribution in [0, 0.1) is 11.3 Å². The number of aromatic nitrogens is 2. The largest absolute Gasteiger partial charge is 0.487 e. The third-order valence-corrected chi connectivity index (χ3v) is 6.70. The molecule has 3 aromatic rings. The third-order valence-electron chi connectivity index (χ3n) is 6.70. The lowest BCUT2D eigenvalue weighted by molar-refractivity contribution is -0.0520. The number of aryl methyl sites for hydroxylation is 1. The molecule has 1 saturated carbocycles. The first-order valence-electron chi connectivity index (χ1n) is 11.4. The molecule has 0 aliphatic heterocycles. The quantitative estimate of drug-likeness (QED) is 0.481. The van der Waals surface area contributed by atoms with E-state index in [0.717, 1.165) is 48.2 Å². The van der Waals surface area contributed by atoms with E-state index in [2.05, 4.69) is 6.07 Å². The van der Waals surface area contributed by atoms with Crippen molar-refractivity contribution in [3.63, 3.8) is 0 Å². The van der Waals surface area contributed by atoms with E-state index in [0.29, 0.717) is 25.0 Å². The molecule has 5 rings (SSSR count). The number of nitrogens with zero attached hydrogens (tertiary/aromatic N) is 3. The average molecular weight is 450 g/mol. The zero-order valence-corrected chi connectivity index (χ0v) is 18.2. The van der Waals surface area contributed by atoms with E-state index in [1.165, 1.54) is 6.07 Å². The molecule has 0 N–H and O–H groups in total. The lowest BCUT2D eigenvalue weighted by atomic mass is 9.70. The first-order chi connectivity index (χ1) is 16.1. The van der Waals surface area contributed by atoms with Gasteiger partial charge in [-0.2, -0.15) is 19.1 Å². The minimum atomic E-state index is -2.94. The van der Waals surface area contributed by atoms with Gasteiger partial charge in [-0.25, -0.2) is 4.68 Å². The molecule has 1 heterocycles. The lowest BCUT2D eigenvalue weighted by Gasteiger charge is -2.31. The van der Waals surface area contributed by atoms with Crippen LogP contribution in [-0.4, -0.2) is 22.5 Å². The maximum atomic E-state index is 13.0. The van der Waals surface area contributed by atoms with Crippen molar-refractivity contribution in [2.75, 3.05) is 0 Å². The van der Waals surface area contributed by atoms with Gasteiger partial charge in [-0.3, -0.25) is 0 Å². The monoisotopic (exact) mass is 449 g/mol. The second-order valence-electron chi connectivity index (χ2n) is 8.82. The molecule has 1 aromatic heterocycles. The summed E-state index contributed by atoms with van der Waals surface area (Å²) in [5.74, 6) is 0.308. The van der Waals surface area contributed by atoms with Crippen molar-refractivity contribution in [2.24, 2.45) is 0 Å². The summed E-state index contributed by atoms with van der Waals surface area (Å²) in [5, 5.41) is 15.0. The second kappa shape index (κ2) is 8.86. The molecule has 33 heavy (non-hydrogen) atoms. The van der Waals surface area contributed by atoms with Crippen molar-refractivity contribution in [3.8, 4) is 23.3 Å². The van der Waals surface area contributed by atoms with Crippen LogP contribution < -0.4 is 9.47 Å². The highest BCUT2D eigenvalue weighted by Crippen LogP contribution is 2.42. The van der Waals surface area contributed by atoms with E-state index >= 15 is 0 Å². The van der Waals surface area contributed by atoms with Crippen LogP contribution in [0.5, 0.6) is 11.5 Å². The van der Waals surface area contributed by atoms with Crippen LogP contribution in [0.2, 0.25) is 0 Å². The van der Waals surface area contributed by atoms with Crippen molar-refractivity contribution >= 4 is 0 Å². The van der Waals surface area contributed by atoms with Gasteiger partial charge in [-0.1, -0.05) is 24.3 Å². The van der Waals surface area contributed by atoms with Crippen LogP contribution in [0.4, 0.5) is 8.78 Å². The van der Waals surface area contributed by atoms with Gasteiger partial charge in [0.25, 0.3) is 0 Å². The number of fused-ring (bicyclic) bond motifs is 1. The van der Waals surface area contributed by atoms with E-state index in [9.17, 15) is 14.0 Å². The second-order valence-corrected chi connectivity index (χ2v) is 8.82. The predicted octanol–water partition coefficient (Wildman–Crippen LogP) is 5.75. The first kappa shape index (κ1) is 21.4. The Hall–Kier alpha value is -3.40. The van der Waals surface area contributed by atoms with E-state index in [-0.39, 0.29) is 11.9 Å². The molecule has 5 nitrogen and oxygen atoms in total. The maximum Gasteiger partial charge on any atom is 0.387 e. The number of alkyl halides is 2. The SMILES string of the molecule is N#CC1(c2ccc(OC(F)F)c(OC3CCCC3)c2)CCc2nn(-c3ccccc3)cc2C1. The summed E-state index contributed by atoms with van der Waals surface area (Å²) >= 11 is 0. The molecule has 170 valence electrons. The van der Waals surface area contributed by atoms with Crippen LogP contribution in [0.15, 0.2) is 54.7 Å². The normalized spacial score (nSPS) is 20.4. The highest BCUT2D eigenvalue weighted by Gasteiger charge is 2.39. The van der Waals surface area contributed by atoms with Crippen LogP contribution in [0.1, 0.15) is 48.9 Å². The first-order valence-corrected chi connectivity index (χ1v) is 11.4. The van der Waals surface area contributed by atoms with Gasteiger partial charge in [0.15, 0.2) is 11.5 Å². The topological polar surface area (TPSA) is 60.1 Å². The Morgan fingerprint density at radius 1 is 1.09 bits per heavy atom. The Bertz CT molecular complexity index is 1170. The Morgan fingerprint density at radius 2 is 1.88 bits per heavy atom. The number of para-hydroxylation sites is 1. The summed E-state index contributed by atoms with van der Waals surface area (Å²) in [7, 11) is 0. The van der Waals surface area contributed by atoms with Gasteiger partial charge < -0.3 is 9.47 Å².